The molecule has 1 N–H and O–H groups in total. The van der Waals surface area contributed by atoms with E-state index in [-0.39, 0.29) is 34.6 Å². The van der Waals surface area contributed by atoms with E-state index in [2.05, 4.69) is 21.2 Å². The average molecular weight is 669 g/mol. The molecule has 40 heavy (non-hydrogen) atoms. The van der Waals surface area contributed by atoms with Gasteiger partial charge in [0.2, 0.25) is 21.8 Å². The molecule has 3 rings (SSSR count). The highest BCUT2D eigenvalue weighted by Crippen LogP contribution is 2.31. The minimum atomic E-state index is -3.95. The maximum Gasteiger partial charge on any atom is 0.244 e. The average Bonchev–Trinajstić information content (AvgIpc) is 2.91. The summed E-state index contributed by atoms with van der Waals surface area (Å²) in [6, 6.07) is 20.3. The number of nitrogens with zero attached hydrogens (tertiary/aromatic N) is 2. The van der Waals surface area contributed by atoms with Crippen molar-refractivity contribution in [3.8, 4) is 0 Å². The number of rotatable bonds is 13. The van der Waals surface area contributed by atoms with Crippen LogP contribution in [0.2, 0.25) is 10.0 Å². The summed E-state index contributed by atoms with van der Waals surface area (Å²) in [7, 11) is -3.95. The minimum absolute atomic E-state index is 0.0839. The SMILES string of the molecule is CCCCNC(=O)[C@H](Cc1ccccc1)N(Cc1ccc(Br)cc1)C(=O)CN(c1cc(Cl)ccc1Cl)S(C)(=O)=O. The van der Waals surface area contributed by atoms with Crippen molar-refractivity contribution in [3.63, 3.8) is 0 Å². The Bertz CT molecular complexity index is 1410. The predicted molar refractivity (Wildman–Crippen MR) is 165 cm³/mol. The Morgan fingerprint density at radius 3 is 2.27 bits per heavy atom. The van der Waals surface area contributed by atoms with Crippen molar-refractivity contribution < 1.29 is 18.0 Å². The fourth-order valence-electron chi connectivity index (χ4n) is 4.12. The van der Waals surface area contributed by atoms with Crippen LogP contribution in [0.3, 0.4) is 0 Å². The van der Waals surface area contributed by atoms with Gasteiger partial charge in [-0.15, -0.1) is 0 Å². The summed E-state index contributed by atoms with van der Waals surface area (Å²) in [6.45, 7) is 2.01. The van der Waals surface area contributed by atoms with Crippen LogP contribution < -0.4 is 9.62 Å². The Kier molecular flexibility index (Phi) is 11.9. The Hall–Kier alpha value is -2.59. The van der Waals surface area contributed by atoms with E-state index in [1.165, 1.54) is 23.1 Å². The summed E-state index contributed by atoms with van der Waals surface area (Å²) in [5, 5.41) is 3.35. The van der Waals surface area contributed by atoms with Crippen molar-refractivity contribution in [1.82, 2.24) is 10.2 Å². The molecule has 0 aliphatic rings. The van der Waals surface area contributed by atoms with Gasteiger partial charge in [-0.2, -0.15) is 0 Å². The molecular formula is C29H32BrCl2N3O4S. The van der Waals surface area contributed by atoms with Gasteiger partial charge in [0, 0.05) is 29.0 Å². The Morgan fingerprint density at radius 2 is 1.65 bits per heavy atom. The smallest absolute Gasteiger partial charge is 0.244 e. The summed E-state index contributed by atoms with van der Waals surface area (Å²) in [6.07, 6.45) is 2.93. The van der Waals surface area contributed by atoms with E-state index in [0.29, 0.717) is 6.54 Å². The van der Waals surface area contributed by atoms with Gasteiger partial charge in [0.15, 0.2) is 0 Å². The Labute approximate surface area is 254 Å². The molecule has 0 aliphatic heterocycles. The molecule has 0 aromatic heterocycles. The lowest BCUT2D eigenvalue weighted by Gasteiger charge is -2.33. The molecule has 1 atom stereocenters. The molecule has 0 unspecified atom stereocenters. The number of hydrogen-bond donors (Lipinski definition) is 1. The van der Waals surface area contributed by atoms with Gasteiger partial charge in [0.1, 0.15) is 12.6 Å². The molecule has 0 fully saturated rings. The van der Waals surface area contributed by atoms with Crippen molar-refractivity contribution in [2.75, 3.05) is 23.7 Å². The molecule has 0 radical (unpaired) electrons. The highest BCUT2D eigenvalue weighted by molar-refractivity contribution is 9.10. The number of nitrogens with one attached hydrogen (secondary N) is 1. The van der Waals surface area contributed by atoms with Gasteiger partial charge in [-0.3, -0.25) is 13.9 Å². The number of benzene rings is 3. The second-order valence-corrected chi connectivity index (χ2v) is 13.0. The molecule has 3 aromatic carbocycles. The number of anilines is 1. The summed E-state index contributed by atoms with van der Waals surface area (Å²) < 4.78 is 27.6. The number of carbonyl (C=O) groups excluding carboxylic acids is 2. The van der Waals surface area contributed by atoms with Crippen LogP contribution in [0.15, 0.2) is 77.3 Å². The summed E-state index contributed by atoms with van der Waals surface area (Å²) in [5.41, 5.74) is 1.73. The van der Waals surface area contributed by atoms with E-state index in [1.54, 1.807) is 0 Å². The third kappa shape index (κ3) is 9.23. The van der Waals surface area contributed by atoms with Crippen LogP contribution in [0, 0.1) is 0 Å². The largest absolute Gasteiger partial charge is 0.354 e. The number of amides is 2. The van der Waals surface area contributed by atoms with Crippen molar-refractivity contribution in [3.05, 3.63) is 98.4 Å². The molecule has 11 heteroatoms. The molecule has 214 valence electrons. The van der Waals surface area contributed by atoms with Crippen molar-refractivity contribution in [2.24, 2.45) is 0 Å². The van der Waals surface area contributed by atoms with E-state index in [0.717, 1.165) is 39.0 Å². The molecule has 0 aliphatic carbocycles. The van der Waals surface area contributed by atoms with Crippen LogP contribution in [-0.4, -0.2) is 50.5 Å². The van der Waals surface area contributed by atoms with Gasteiger partial charge >= 0.3 is 0 Å². The zero-order valence-corrected chi connectivity index (χ0v) is 26.2. The van der Waals surface area contributed by atoms with Gasteiger partial charge in [-0.1, -0.05) is 94.9 Å². The first-order valence-electron chi connectivity index (χ1n) is 12.8. The van der Waals surface area contributed by atoms with E-state index >= 15 is 0 Å². The van der Waals surface area contributed by atoms with Crippen LogP contribution in [0.25, 0.3) is 0 Å². The van der Waals surface area contributed by atoms with E-state index in [9.17, 15) is 18.0 Å². The molecule has 0 saturated heterocycles. The Morgan fingerprint density at radius 1 is 0.975 bits per heavy atom. The van der Waals surface area contributed by atoms with Crippen molar-refractivity contribution in [2.45, 2.75) is 38.8 Å². The number of carbonyl (C=O) groups is 2. The Balaban J connectivity index is 2.05. The summed E-state index contributed by atoms with van der Waals surface area (Å²) in [4.78, 5) is 29.1. The minimum Gasteiger partial charge on any atom is -0.354 e. The molecule has 0 spiro atoms. The highest BCUT2D eigenvalue weighted by Gasteiger charge is 2.33. The van der Waals surface area contributed by atoms with Gasteiger partial charge in [-0.05, 0) is 47.9 Å². The fraction of sp³-hybridized carbons (Fsp3) is 0.310. The lowest BCUT2D eigenvalue weighted by molar-refractivity contribution is -0.140. The predicted octanol–water partition coefficient (Wildman–Crippen LogP) is 6.08. The molecule has 7 nitrogen and oxygen atoms in total. The second-order valence-electron chi connectivity index (χ2n) is 9.36. The molecule has 2 amide bonds. The normalized spacial score (nSPS) is 12.0. The van der Waals surface area contributed by atoms with Gasteiger partial charge in [0.25, 0.3) is 0 Å². The summed E-state index contributed by atoms with van der Waals surface area (Å²) in [5.74, 6) is -0.870. The lowest BCUT2D eigenvalue weighted by atomic mass is 10.0. The highest BCUT2D eigenvalue weighted by atomic mass is 79.9. The number of unbranched alkanes of at least 4 members (excludes halogenated alkanes) is 1. The topological polar surface area (TPSA) is 86.8 Å². The third-order valence-corrected chi connectivity index (χ3v) is 8.43. The quantitative estimate of drug-likeness (QED) is 0.224. The summed E-state index contributed by atoms with van der Waals surface area (Å²) >= 11 is 15.9. The first-order chi connectivity index (χ1) is 19.0. The van der Waals surface area contributed by atoms with Crippen LogP contribution in [0.5, 0.6) is 0 Å². The molecule has 0 saturated carbocycles. The standard InChI is InChI=1S/C29H32BrCl2N3O4S/c1-3-4-16-33-29(37)27(17-21-8-6-5-7-9-21)34(19-22-10-12-23(30)13-11-22)28(36)20-35(40(2,38)39)26-18-24(31)14-15-25(26)32/h5-15,18,27H,3-4,16-17,19-20H2,1-2H3,(H,33,37)/t27-/m0/s1. The monoisotopic (exact) mass is 667 g/mol. The molecule has 3 aromatic rings. The van der Waals surface area contributed by atoms with Gasteiger partial charge in [-0.25, -0.2) is 8.42 Å². The maximum atomic E-state index is 14.1. The fourth-order valence-corrected chi connectivity index (χ4v) is 5.67. The van der Waals surface area contributed by atoms with Gasteiger partial charge in [0.05, 0.1) is 17.0 Å². The second kappa shape index (κ2) is 14.9. The molecule has 0 bridgehead atoms. The van der Waals surface area contributed by atoms with Crippen molar-refractivity contribution in [1.29, 1.82) is 0 Å². The maximum absolute atomic E-state index is 14.1. The van der Waals surface area contributed by atoms with E-state index in [4.69, 9.17) is 23.2 Å². The van der Waals surface area contributed by atoms with Crippen LogP contribution in [-0.2, 0) is 32.6 Å². The van der Waals surface area contributed by atoms with Crippen LogP contribution >= 0.6 is 39.1 Å². The van der Waals surface area contributed by atoms with Crippen LogP contribution in [0.1, 0.15) is 30.9 Å². The van der Waals surface area contributed by atoms with Crippen LogP contribution in [0.4, 0.5) is 5.69 Å². The number of halogens is 3. The zero-order chi connectivity index (χ0) is 29.3. The lowest BCUT2D eigenvalue weighted by Crippen LogP contribution is -2.53. The first-order valence-corrected chi connectivity index (χ1v) is 16.2. The molecule has 0 heterocycles. The third-order valence-electron chi connectivity index (χ3n) is 6.22. The zero-order valence-electron chi connectivity index (χ0n) is 22.3. The molecular weight excluding hydrogens is 637 g/mol. The number of sulfonamides is 1. The number of hydrogen-bond acceptors (Lipinski definition) is 4. The van der Waals surface area contributed by atoms with Crippen molar-refractivity contribution >= 4 is 66.7 Å². The van der Waals surface area contributed by atoms with E-state index < -0.39 is 28.5 Å². The van der Waals surface area contributed by atoms with Gasteiger partial charge < -0.3 is 10.2 Å². The first kappa shape index (κ1) is 31.9. The van der Waals surface area contributed by atoms with E-state index in [1.807, 2.05) is 61.5 Å².